The van der Waals surface area contributed by atoms with Crippen molar-refractivity contribution in [3.05, 3.63) is 22.4 Å². The minimum absolute atomic E-state index is 0.211. The second-order valence-corrected chi connectivity index (χ2v) is 5.93. The first-order valence-corrected chi connectivity index (χ1v) is 7.03. The summed E-state index contributed by atoms with van der Waals surface area (Å²) < 4.78 is 0. The SMILES string of the molecule is CC(C)(CNC(=O)NC(=O)CCC(=O)O)c1cccs1. The number of aliphatic carboxylic acids is 1. The molecule has 20 heavy (non-hydrogen) atoms. The maximum Gasteiger partial charge on any atom is 0.321 e. The minimum atomic E-state index is -1.07. The van der Waals surface area contributed by atoms with Crippen LogP contribution in [-0.4, -0.2) is 29.6 Å². The Labute approximate surface area is 121 Å². The van der Waals surface area contributed by atoms with Crippen molar-refractivity contribution in [2.75, 3.05) is 6.54 Å². The average molecular weight is 298 g/mol. The summed E-state index contributed by atoms with van der Waals surface area (Å²) >= 11 is 1.60. The van der Waals surface area contributed by atoms with Gasteiger partial charge in [-0.25, -0.2) is 4.79 Å². The Morgan fingerprint density at radius 3 is 2.55 bits per heavy atom. The number of nitrogens with one attached hydrogen (secondary N) is 2. The number of amides is 3. The van der Waals surface area contributed by atoms with Gasteiger partial charge in [-0.15, -0.1) is 11.3 Å². The average Bonchev–Trinajstić information content (AvgIpc) is 2.88. The largest absolute Gasteiger partial charge is 0.481 e. The van der Waals surface area contributed by atoms with E-state index in [4.69, 9.17) is 5.11 Å². The third kappa shape index (κ3) is 5.40. The van der Waals surface area contributed by atoms with E-state index in [2.05, 4.69) is 10.6 Å². The lowest BCUT2D eigenvalue weighted by atomic mass is 9.91. The van der Waals surface area contributed by atoms with Crippen LogP contribution in [0, 0.1) is 0 Å². The van der Waals surface area contributed by atoms with Crippen LogP contribution in [0.5, 0.6) is 0 Å². The van der Waals surface area contributed by atoms with E-state index in [1.807, 2.05) is 31.4 Å². The third-order valence-electron chi connectivity index (χ3n) is 2.70. The molecule has 0 aliphatic carbocycles. The van der Waals surface area contributed by atoms with Crippen molar-refractivity contribution in [1.82, 2.24) is 10.6 Å². The number of hydrogen-bond donors (Lipinski definition) is 3. The second kappa shape index (κ2) is 7.04. The van der Waals surface area contributed by atoms with Crippen molar-refractivity contribution in [3.63, 3.8) is 0 Å². The molecule has 6 nitrogen and oxygen atoms in total. The van der Waals surface area contributed by atoms with E-state index >= 15 is 0 Å². The zero-order valence-electron chi connectivity index (χ0n) is 11.4. The summed E-state index contributed by atoms with van der Waals surface area (Å²) in [6, 6.07) is 3.32. The van der Waals surface area contributed by atoms with Crippen LogP contribution in [0.15, 0.2) is 17.5 Å². The molecule has 0 fully saturated rings. The van der Waals surface area contributed by atoms with Gasteiger partial charge in [-0.3, -0.25) is 14.9 Å². The molecule has 7 heteroatoms. The summed E-state index contributed by atoms with van der Waals surface area (Å²) in [6.45, 7) is 4.36. The molecule has 1 rings (SSSR count). The summed E-state index contributed by atoms with van der Waals surface area (Å²) in [5.74, 6) is -1.67. The van der Waals surface area contributed by atoms with Gasteiger partial charge in [0, 0.05) is 23.3 Å². The van der Waals surface area contributed by atoms with Gasteiger partial charge in [0.05, 0.1) is 6.42 Å². The number of carboxylic acids is 1. The van der Waals surface area contributed by atoms with Gasteiger partial charge >= 0.3 is 12.0 Å². The molecule has 3 N–H and O–H groups in total. The lowest BCUT2D eigenvalue weighted by Gasteiger charge is -2.23. The van der Waals surface area contributed by atoms with Crippen molar-refractivity contribution in [3.8, 4) is 0 Å². The van der Waals surface area contributed by atoms with Crippen molar-refractivity contribution in [2.45, 2.75) is 32.1 Å². The van der Waals surface area contributed by atoms with E-state index in [9.17, 15) is 14.4 Å². The summed E-state index contributed by atoms with van der Waals surface area (Å²) in [6.07, 6.45) is -0.503. The zero-order chi connectivity index (χ0) is 15.2. The molecule has 0 aliphatic heterocycles. The topological polar surface area (TPSA) is 95.5 Å². The molecule has 0 bridgehead atoms. The van der Waals surface area contributed by atoms with Gasteiger partial charge in [0.1, 0.15) is 0 Å². The first-order valence-electron chi connectivity index (χ1n) is 6.15. The molecule has 0 aliphatic rings. The number of carbonyl (C=O) groups excluding carboxylic acids is 2. The molecule has 1 aromatic rings. The Hall–Kier alpha value is -1.89. The summed E-state index contributed by atoms with van der Waals surface area (Å²) in [4.78, 5) is 34.2. The molecular weight excluding hydrogens is 280 g/mol. The standard InChI is InChI=1S/C13H18N2O4S/c1-13(2,9-4-3-7-20-9)8-14-12(19)15-10(16)5-6-11(17)18/h3-4,7H,5-6,8H2,1-2H3,(H,17,18)(H2,14,15,16,19). The molecule has 1 heterocycles. The number of rotatable bonds is 6. The predicted octanol–water partition coefficient (Wildman–Crippen LogP) is 1.72. The van der Waals surface area contributed by atoms with Crippen molar-refractivity contribution >= 4 is 29.2 Å². The van der Waals surface area contributed by atoms with Crippen LogP contribution < -0.4 is 10.6 Å². The van der Waals surface area contributed by atoms with Crippen LogP contribution in [0.25, 0.3) is 0 Å². The fourth-order valence-corrected chi connectivity index (χ4v) is 2.36. The van der Waals surface area contributed by atoms with Gasteiger partial charge in [0.25, 0.3) is 0 Å². The predicted molar refractivity (Wildman–Crippen MR) is 75.8 cm³/mol. The molecule has 0 radical (unpaired) electrons. The van der Waals surface area contributed by atoms with E-state index in [1.165, 1.54) is 0 Å². The summed E-state index contributed by atoms with van der Waals surface area (Å²) in [5.41, 5.74) is -0.227. The van der Waals surface area contributed by atoms with E-state index in [0.29, 0.717) is 6.54 Å². The summed E-state index contributed by atoms with van der Waals surface area (Å²) in [5, 5.41) is 15.1. The fraction of sp³-hybridized carbons (Fsp3) is 0.462. The number of carbonyl (C=O) groups is 3. The lowest BCUT2D eigenvalue weighted by molar-refractivity contribution is -0.138. The third-order valence-corrected chi connectivity index (χ3v) is 3.93. The molecule has 1 aromatic heterocycles. The maximum atomic E-state index is 11.5. The Kier molecular flexibility index (Phi) is 5.69. The molecule has 0 saturated heterocycles. The van der Waals surface area contributed by atoms with Crippen LogP contribution in [0.4, 0.5) is 4.79 Å². The lowest BCUT2D eigenvalue weighted by Crippen LogP contribution is -2.44. The first kappa shape index (κ1) is 16.2. The zero-order valence-corrected chi connectivity index (χ0v) is 12.3. The van der Waals surface area contributed by atoms with E-state index in [-0.39, 0.29) is 18.3 Å². The van der Waals surface area contributed by atoms with Crippen LogP contribution >= 0.6 is 11.3 Å². The molecule has 0 aromatic carbocycles. The van der Waals surface area contributed by atoms with E-state index < -0.39 is 17.9 Å². The van der Waals surface area contributed by atoms with Crippen LogP contribution in [-0.2, 0) is 15.0 Å². The van der Waals surface area contributed by atoms with Gasteiger partial charge in [0.2, 0.25) is 5.91 Å². The monoisotopic (exact) mass is 298 g/mol. The molecule has 0 saturated carbocycles. The quantitative estimate of drug-likeness (QED) is 0.745. The molecule has 110 valence electrons. The minimum Gasteiger partial charge on any atom is -0.481 e. The van der Waals surface area contributed by atoms with Crippen molar-refractivity contribution in [2.24, 2.45) is 0 Å². The highest BCUT2D eigenvalue weighted by molar-refractivity contribution is 7.10. The van der Waals surface area contributed by atoms with Crippen LogP contribution in [0.1, 0.15) is 31.6 Å². The van der Waals surface area contributed by atoms with Crippen molar-refractivity contribution < 1.29 is 19.5 Å². The van der Waals surface area contributed by atoms with Gasteiger partial charge < -0.3 is 10.4 Å². The normalized spacial score (nSPS) is 10.9. The van der Waals surface area contributed by atoms with Gasteiger partial charge in [-0.1, -0.05) is 19.9 Å². The Morgan fingerprint density at radius 2 is 2.00 bits per heavy atom. The van der Waals surface area contributed by atoms with Gasteiger partial charge in [-0.05, 0) is 11.4 Å². The first-order chi connectivity index (χ1) is 9.31. The van der Waals surface area contributed by atoms with E-state index in [1.54, 1.807) is 11.3 Å². The molecule has 3 amide bonds. The maximum absolute atomic E-state index is 11.5. The number of thiophene rings is 1. The molecule has 0 atom stereocenters. The fourth-order valence-electron chi connectivity index (χ4n) is 1.51. The summed E-state index contributed by atoms with van der Waals surface area (Å²) in [7, 11) is 0. The smallest absolute Gasteiger partial charge is 0.321 e. The van der Waals surface area contributed by atoms with Gasteiger partial charge in [0.15, 0.2) is 0 Å². The van der Waals surface area contributed by atoms with E-state index in [0.717, 1.165) is 4.88 Å². The number of carboxylic acid groups (broad SMARTS) is 1. The van der Waals surface area contributed by atoms with Crippen LogP contribution in [0.3, 0.4) is 0 Å². The Bertz CT molecular complexity index is 483. The van der Waals surface area contributed by atoms with Crippen molar-refractivity contribution in [1.29, 1.82) is 0 Å². The van der Waals surface area contributed by atoms with Crippen LogP contribution in [0.2, 0.25) is 0 Å². The van der Waals surface area contributed by atoms with Gasteiger partial charge in [-0.2, -0.15) is 0 Å². The molecule has 0 spiro atoms. The molecular formula is C13H18N2O4S. The number of urea groups is 1. The highest BCUT2D eigenvalue weighted by atomic mass is 32.1. The number of imide groups is 1. The Morgan fingerprint density at radius 1 is 1.30 bits per heavy atom. The number of hydrogen-bond acceptors (Lipinski definition) is 4. The molecule has 0 unspecified atom stereocenters. The highest BCUT2D eigenvalue weighted by Crippen LogP contribution is 2.26. The Balaban J connectivity index is 2.36. The second-order valence-electron chi connectivity index (χ2n) is 4.99. The highest BCUT2D eigenvalue weighted by Gasteiger charge is 2.22.